The zero-order valence-corrected chi connectivity index (χ0v) is 17.7. The number of carbonyl (C=O) groups is 2. The Morgan fingerprint density at radius 3 is 2.59 bits per heavy atom. The van der Waals surface area contributed by atoms with Crippen LogP contribution in [0.2, 0.25) is 5.02 Å². The van der Waals surface area contributed by atoms with Gasteiger partial charge in [0.05, 0.1) is 0 Å². The van der Waals surface area contributed by atoms with Crippen LogP contribution in [0.25, 0.3) is 0 Å². The lowest BCUT2D eigenvalue weighted by molar-refractivity contribution is -0.123. The zero-order chi connectivity index (χ0) is 21.0. The van der Waals surface area contributed by atoms with Crippen molar-refractivity contribution < 1.29 is 9.59 Å². The first-order valence-electron chi connectivity index (χ1n) is 8.84. The molecule has 0 unspecified atom stereocenters. The van der Waals surface area contributed by atoms with E-state index in [-0.39, 0.29) is 11.6 Å². The van der Waals surface area contributed by atoms with Gasteiger partial charge in [-0.1, -0.05) is 28.2 Å². The second-order valence-electron chi connectivity index (χ2n) is 7.37. The number of rotatable bonds is 5. The Morgan fingerprint density at radius 1 is 1.21 bits per heavy atom. The van der Waals surface area contributed by atoms with Crippen LogP contribution < -0.4 is 10.2 Å². The molecule has 3 aromatic rings. The molecule has 0 saturated heterocycles. The van der Waals surface area contributed by atoms with Crippen molar-refractivity contribution in [2.75, 3.05) is 4.90 Å². The molecule has 0 fully saturated rings. The predicted molar refractivity (Wildman–Crippen MR) is 113 cm³/mol. The van der Waals surface area contributed by atoms with Crippen LogP contribution in [-0.4, -0.2) is 31.9 Å². The Labute approximate surface area is 177 Å². The molecule has 0 bridgehead atoms. The maximum atomic E-state index is 13.4. The molecule has 0 radical (unpaired) electrons. The number of anilines is 1. The van der Waals surface area contributed by atoms with Gasteiger partial charge < -0.3 is 5.32 Å². The first-order valence-corrected chi connectivity index (χ1v) is 10.1. The third-order valence-corrected chi connectivity index (χ3v) is 4.63. The fraction of sp³-hybridized carbons (Fsp3) is 0.250. The van der Waals surface area contributed by atoms with Gasteiger partial charge in [0.1, 0.15) is 6.04 Å². The van der Waals surface area contributed by atoms with Crippen LogP contribution in [-0.2, 0) is 4.79 Å². The van der Waals surface area contributed by atoms with E-state index in [1.54, 1.807) is 54.2 Å². The summed E-state index contributed by atoms with van der Waals surface area (Å²) in [5.41, 5.74) is 0.676. The van der Waals surface area contributed by atoms with E-state index in [1.165, 1.54) is 4.90 Å². The van der Waals surface area contributed by atoms with E-state index >= 15 is 0 Å². The molecule has 2 heterocycles. The second kappa shape index (κ2) is 8.67. The van der Waals surface area contributed by atoms with E-state index in [2.05, 4.69) is 19.9 Å². The molecule has 0 spiro atoms. The topological polar surface area (TPSA) is 88.1 Å². The van der Waals surface area contributed by atoms with Gasteiger partial charge in [0.15, 0.2) is 5.69 Å². The Bertz CT molecular complexity index is 990. The summed E-state index contributed by atoms with van der Waals surface area (Å²) in [4.78, 5) is 32.2. The molecule has 1 N–H and O–H groups in total. The number of benzene rings is 1. The molecule has 2 aromatic heterocycles. The maximum absolute atomic E-state index is 13.4. The van der Waals surface area contributed by atoms with E-state index in [0.29, 0.717) is 16.3 Å². The average molecular weight is 430 g/mol. The number of carbonyl (C=O) groups excluding carboxylic acids is 2. The number of aromatic nitrogens is 3. The molecule has 29 heavy (non-hydrogen) atoms. The van der Waals surface area contributed by atoms with Crippen LogP contribution in [0.5, 0.6) is 0 Å². The minimum atomic E-state index is -0.976. The Balaban J connectivity index is 2.16. The molecule has 150 valence electrons. The summed E-state index contributed by atoms with van der Waals surface area (Å²) in [6.45, 7) is 5.63. The highest BCUT2D eigenvalue weighted by atomic mass is 35.5. The molecule has 0 saturated carbocycles. The largest absolute Gasteiger partial charge is 0.349 e. The summed E-state index contributed by atoms with van der Waals surface area (Å²) < 4.78 is 3.78. The van der Waals surface area contributed by atoms with E-state index in [4.69, 9.17) is 11.6 Å². The van der Waals surface area contributed by atoms with Gasteiger partial charge in [0.2, 0.25) is 5.91 Å². The fourth-order valence-corrected chi connectivity index (χ4v) is 3.40. The summed E-state index contributed by atoms with van der Waals surface area (Å²) in [7, 11) is 0. The fourth-order valence-electron chi connectivity index (χ4n) is 2.78. The summed E-state index contributed by atoms with van der Waals surface area (Å²) in [6.07, 6.45) is 3.18. The molecule has 7 nitrogen and oxygen atoms in total. The van der Waals surface area contributed by atoms with Crippen molar-refractivity contribution in [3.05, 3.63) is 70.5 Å². The molecule has 9 heteroatoms. The SMILES string of the molecule is CC(C)(C)NC(=O)[C@@H](c1cccnc1)N(C(=O)c1csnn1)c1cccc(Cl)c1. The number of amides is 2. The standard InChI is InChI=1S/C20H20ClN5O2S/c1-20(2,3)23-18(27)17(13-6-5-9-22-11-13)26(15-8-4-7-14(21)10-15)19(28)16-12-29-25-24-16/h4-12,17H,1-3H3,(H,23,27)/t17-/m1/s1. The number of halogens is 1. The highest BCUT2D eigenvalue weighted by Crippen LogP contribution is 2.31. The Kier molecular flexibility index (Phi) is 6.24. The molecule has 2 amide bonds. The first kappa shape index (κ1) is 20.9. The van der Waals surface area contributed by atoms with Crippen molar-refractivity contribution in [3.8, 4) is 0 Å². The van der Waals surface area contributed by atoms with Crippen LogP contribution in [0.1, 0.15) is 42.9 Å². The highest BCUT2D eigenvalue weighted by molar-refractivity contribution is 7.03. The van der Waals surface area contributed by atoms with Gasteiger partial charge in [-0.2, -0.15) is 0 Å². The van der Waals surface area contributed by atoms with Gasteiger partial charge in [-0.3, -0.25) is 19.5 Å². The van der Waals surface area contributed by atoms with Crippen LogP contribution in [0.15, 0.2) is 54.2 Å². The number of nitrogens with one attached hydrogen (secondary N) is 1. The smallest absolute Gasteiger partial charge is 0.280 e. The molecular formula is C20H20ClN5O2S. The maximum Gasteiger partial charge on any atom is 0.280 e. The lowest BCUT2D eigenvalue weighted by Gasteiger charge is -2.33. The summed E-state index contributed by atoms with van der Waals surface area (Å²) in [5, 5.41) is 8.83. The average Bonchev–Trinajstić information content (AvgIpc) is 3.19. The van der Waals surface area contributed by atoms with Crippen molar-refractivity contribution in [2.24, 2.45) is 0 Å². The van der Waals surface area contributed by atoms with Crippen LogP contribution in [0, 0.1) is 0 Å². The molecule has 0 aliphatic heterocycles. The van der Waals surface area contributed by atoms with Gasteiger partial charge >= 0.3 is 0 Å². The van der Waals surface area contributed by atoms with Crippen molar-refractivity contribution >= 4 is 40.6 Å². The van der Waals surface area contributed by atoms with Crippen molar-refractivity contribution in [1.82, 2.24) is 19.9 Å². The lowest BCUT2D eigenvalue weighted by atomic mass is 10.0. The zero-order valence-electron chi connectivity index (χ0n) is 16.2. The number of hydrogen-bond acceptors (Lipinski definition) is 6. The summed E-state index contributed by atoms with van der Waals surface area (Å²) in [5.74, 6) is -0.805. The van der Waals surface area contributed by atoms with Crippen molar-refractivity contribution in [2.45, 2.75) is 32.4 Å². The van der Waals surface area contributed by atoms with Crippen LogP contribution in [0.4, 0.5) is 5.69 Å². The van der Waals surface area contributed by atoms with E-state index < -0.39 is 17.5 Å². The minimum Gasteiger partial charge on any atom is -0.349 e. The molecule has 1 aromatic carbocycles. The number of hydrogen-bond donors (Lipinski definition) is 1. The Morgan fingerprint density at radius 2 is 2.00 bits per heavy atom. The van der Waals surface area contributed by atoms with Gasteiger partial charge in [-0.25, -0.2) is 0 Å². The lowest BCUT2D eigenvalue weighted by Crippen LogP contribution is -2.49. The van der Waals surface area contributed by atoms with Gasteiger partial charge in [-0.15, -0.1) is 5.10 Å². The van der Waals surface area contributed by atoms with Crippen molar-refractivity contribution in [1.29, 1.82) is 0 Å². The van der Waals surface area contributed by atoms with Gasteiger partial charge in [0, 0.05) is 39.6 Å². The summed E-state index contributed by atoms with van der Waals surface area (Å²) in [6, 6.07) is 9.27. The third-order valence-electron chi connectivity index (χ3n) is 3.89. The quantitative estimate of drug-likeness (QED) is 0.664. The van der Waals surface area contributed by atoms with Gasteiger partial charge in [0.25, 0.3) is 5.91 Å². The van der Waals surface area contributed by atoms with E-state index in [9.17, 15) is 9.59 Å². The molecule has 1 atom stereocenters. The Hall–Kier alpha value is -2.84. The minimum absolute atomic E-state index is 0.146. The molecule has 0 aliphatic carbocycles. The number of pyridine rings is 1. The monoisotopic (exact) mass is 429 g/mol. The van der Waals surface area contributed by atoms with Crippen LogP contribution >= 0.6 is 23.1 Å². The van der Waals surface area contributed by atoms with Crippen molar-refractivity contribution in [3.63, 3.8) is 0 Å². The molecular weight excluding hydrogens is 410 g/mol. The third kappa shape index (κ3) is 5.16. The molecule has 3 rings (SSSR count). The van der Waals surface area contributed by atoms with Gasteiger partial charge in [-0.05, 0) is 56.6 Å². The van der Waals surface area contributed by atoms with E-state index in [0.717, 1.165) is 11.5 Å². The normalized spacial score (nSPS) is 12.3. The predicted octanol–water partition coefficient (Wildman–Crippen LogP) is 3.89. The summed E-state index contributed by atoms with van der Waals surface area (Å²) >= 11 is 7.24. The number of nitrogens with zero attached hydrogens (tertiary/aromatic N) is 4. The first-order chi connectivity index (χ1) is 13.8. The van der Waals surface area contributed by atoms with Crippen LogP contribution in [0.3, 0.4) is 0 Å². The second-order valence-corrected chi connectivity index (χ2v) is 8.42. The molecule has 0 aliphatic rings. The van der Waals surface area contributed by atoms with E-state index in [1.807, 2.05) is 20.8 Å². The highest BCUT2D eigenvalue weighted by Gasteiger charge is 2.36.